The van der Waals surface area contributed by atoms with Gasteiger partial charge in [-0.05, 0) is 87.0 Å². The molecule has 0 bridgehead atoms. The smallest absolute Gasteiger partial charge is 0.396 e. The van der Waals surface area contributed by atoms with Crippen LogP contribution in [0.25, 0.3) is 11.3 Å². The zero-order chi connectivity index (χ0) is 35.5. The van der Waals surface area contributed by atoms with Crippen molar-refractivity contribution in [2.24, 2.45) is 5.92 Å². The number of hydrogen-bond donors (Lipinski definition) is 2. The molecule has 3 aliphatic rings. The maximum Gasteiger partial charge on any atom is 0.417 e. The molecular weight excluding hydrogens is 690 g/mol. The molecule has 0 amide bonds. The fraction of sp³-hybridized carbons (Fsp3) is 0.600. The Kier molecular flexibility index (Phi) is 11.9. The van der Waals surface area contributed by atoms with E-state index in [1.807, 2.05) is 12.4 Å². The van der Waals surface area contributed by atoms with Crippen molar-refractivity contribution in [3.05, 3.63) is 65.1 Å². The molecule has 50 heavy (non-hydrogen) atoms. The highest BCUT2D eigenvalue weighted by atomic mass is 32.2. The Balaban J connectivity index is 1.21. The minimum atomic E-state index is -4.54. The van der Waals surface area contributed by atoms with E-state index in [9.17, 15) is 31.8 Å². The second-order valence-corrected chi connectivity index (χ2v) is 17.0. The molecule has 0 spiro atoms. The van der Waals surface area contributed by atoms with Crippen LogP contribution in [0.2, 0.25) is 0 Å². The molecule has 0 radical (unpaired) electrons. The van der Waals surface area contributed by atoms with Gasteiger partial charge in [-0.25, -0.2) is 8.42 Å². The summed E-state index contributed by atoms with van der Waals surface area (Å²) in [5.41, 5.74) is 2.95. The highest BCUT2D eigenvalue weighted by Gasteiger charge is 2.35. The van der Waals surface area contributed by atoms with Crippen molar-refractivity contribution in [2.75, 3.05) is 64.4 Å². The molecule has 3 aliphatic heterocycles. The molecule has 5 heterocycles. The van der Waals surface area contributed by atoms with Gasteiger partial charge in [0.2, 0.25) is 10.0 Å². The lowest BCUT2D eigenvalue weighted by molar-refractivity contribution is -0.139. The number of alkyl halides is 3. The number of fused-ring (bicyclic) bond motifs is 1. The predicted molar refractivity (Wildman–Crippen MR) is 187 cm³/mol. The predicted octanol–water partition coefficient (Wildman–Crippen LogP) is 4.32. The molecule has 2 aromatic heterocycles. The summed E-state index contributed by atoms with van der Waals surface area (Å²) in [6.45, 7) is 4.99. The van der Waals surface area contributed by atoms with Crippen LogP contribution >= 0.6 is 11.8 Å². The van der Waals surface area contributed by atoms with E-state index in [4.69, 9.17) is 5.10 Å². The number of likely N-dealkylation sites (tertiary alicyclic amines) is 2. The third kappa shape index (κ3) is 9.09. The Morgan fingerprint density at radius 3 is 2.48 bits per heavy atom. The first-order valence-corrected chi connectivity index (χ1v) is 20.2. The summed E-state index contributed by atoms with van der Waals surface area (Å²) < 4.78 is 70.8. The molecule has 0 saturated carbocycles. The highest BCUT2D eigenvalue weighted by Crippen LogP contribution is 2.40. The van der Waals surface area contributed by atoms with Crippen LogP contribution in [0.5, 0.6) is 0 Å². The SMILES string of the molecule is CS(=O)(=O)N1CCc2c(c(-c3ccc(C(F)(F)F)c(SCCN4CCCC(CO)C4)c3)nn2CC(O)CN2CCC(c3ccncc3)CC2)C1. The molecule has 6 rings (SSSR count). The summed E-state index contributed by atoms with van der Waals surface area (Å²) >= 11 is 1.15. The van der Waals surface area contributed by atoms with Gasteiger partial charge in [0, 0.05) is 85.6 Å². The van der Waals surface area contributed by atoms with Gasteiger partial charge in [-0.15, -0.1) is 11.8 Å². The van der Waals surface area contributed by atoms with Gasteiger partial charge in [-0.2, -0.15) is 22.6 Å². The molecule has 3 aromatic rings. The number of β-amino-alcohol motifs (C(OH)–C–C–N with tert-alkyl or cyclic N) is 1. The number of piperidine rings is 2. The molecule has 2 fully saturated rings. The highest BCUT2D eigenvalue weighted by molar-refractivity contribution is 7.99. The van der Waals surface area contributed by atoms with Gasteiger partial charge in [0.05, 0.1) is 30.2 Å². The van der Waals surface area contributed by atoms with Crippen molar-refractivity contribution in [3.63, 3.8) is 0 Å². The van der Waals surface area contributed by atoms with E-state index in [1.165, 1.54) is 22.0 Å². The summed E-state index contributed by atoms with van der Waals surface area (Å²) in [7, 11) is -3.52. The third-order valence-corrected chi connectivity index (χ3v) is 12.6. The van der Waals surface area contributed by atoms with Crippen LogP contribution in [0, 0.1) is 5.92 Å². The quantitative estimate of drug-likeness (QED) is 0.263. The number of thioether (sulfide) groups is 1. The lowest BCUT2D eigenvalue weighted by Gasteiger charge is -2.33. The summed E-state index contributed by atoms with van der Waals surface area (Å²) in [4.78, 5) is 8.65. The van der Waals surface area contributed by atoms with Crippen molar-refractivity contribution in [3.8, 4) is 11.3 Å². The van der Waals surface area contributed by atoms with Crippen LogP contribution in [0.4, 0.5) is 13.2 Å². The molecule has 0 aliphatic carbocycles. The van der Waals surface area contributed by atoms with E-state index in [-0.39, 0.29) is 37.1 Å². The van der Waals surface area contributed by atoms with Gasteiger partial charge >= 0.3 is 6.18 Å². The van der Waals surface area contributed by atoms with Crippen molar-refractivity contribution < 1.29 is 31.8 Å². The second-order valence-electron chi connectivity index (χ2n) is 13.9. The molecule has 1 aromatic carbocycles. The van der Waals surface area contributed by atoms with Crippen LogP contribution in [0.1, 0.15) is 54.0 Å². The van der Waals surface area contributed by atoms with Crippen molar-refractivity contribution in [1.82, 2.24) is 28.9 Å². The summed E-state index contributed by atoms with van der Waals surface area (Å²) in [6.07, 6.45) is 3.75. The van der Waals surface area contributed by atoms with Gasteiger partial charge in [-0.1, -0.05) is 6.07 Å². The van der Waals surface area contributed by atoms with Crippen LogP contribution in [0.3, 0.4) is 0 Å². The topological polar surface area (TPSA) is 115 Å². The molecule has 15 heteroatoms. The Morgan fingerprint density at radius 2 is 1.78 bits per heavy atom. The first kappa shape index (κ1) is 37.2. The molecule has 274 valence electrons. The number of aromatic nitrogens is 3. The number of pyridine rings is 1. The Labute approximate surface area is 296 Å². The Bertz CT molecular complexity index is 1700. The maximum atomic E-state index is 14.2. The van der Waals surface area contributed by atoms with E-state index in [1.54, 1.807) is 4.68 Å². The number of hydrogen-bond acceptors (Lipinski definition) is 9. The lowest BCUT2D eigenvalue weighted by atomic mass is 9.90. The van der Waals surface area contributed by atoms with Crippen molar-refractivity contribution >= 4 is 21.8 Å². The van der Waals surface area contributed by atoms with E-state index >= 15 is 0 Å². The minimum absolute atomic E-state index is 0.0621. The van der Waals surface area contributed by atoms with E-state index < -0.39 is 27.9 Å². The second kappa shape index (κ2) is 16.0. The standard InChI is InChI=1S/C35H47F3N6O4S2/c1-50(47,48)43-16-10-32-30(23-43)34(40-44(32)22-29(46)21-42-14-8-27(9-15-42)26-6-11-39-12-7-26)28-4-5-31(35(36,37)38)33(19-28)49-18-17-41-13-2-3-25(20-41)24-45/h4-7,11-12,19,25,27,29,45-46H,2-3,8-10,13-18,20-24H2,1H3. The fourth-order valence-electron chi connectivity index (χ4n) is 7.58. The van der Waals surface area contributed by atoms with Crippen molar-refractivity contribution in [2.45, 2.75) is 68.3 Å². The van der Waals surface area contributed by atoms with E-state index in [0.717, 1.165) is 81.6 Å². The molecular formula is C35H47F3N6O4S2. The van der Waals surface area contributed by atoms with Crippen LogP contribution in [0.15, 0.2) is 47.6 Å². The first-order valence-electron chi connectivity index (χ1n) is 17.4. The largest absolute Gasteiger partial charge is 0.417 e. The van der Waals surface area contributed by atoms with Gasteiger partial charge in [-0.3, -0.25) is 9.67 Å². The monoisotopic (exact) mass is 736 g/mol. The Morgan fingerprint density at radius 1 is 1.02 bits per heavy atom. The summed E-state index contributed by atoms with van der Waals surface area (Å²) in [5.74, 6) is 1.10. The molecule has 2 N–H and O–H groups in total. The number of halogens is 3. The zero-order valence-corrected chi connectivity index (χ0v) is 30.1. The zero-order valence-electron chi connectivity index (χ0n) is 28.4. The molecule has 2 unspecified atom stereocenters. The van der Waals surface area contributed by atoms with Crippen LogP contribution in [-0.4, -0.2) is 118 Å². The van der Waals surface area contributed by atoms with Crippen LogP contribution in [-0.2, 0) is 35.7 Å². The number of rotatable bonds is 12. The number of aliphatic hydroxyl groups excluding tert-OH is 2. The molecule has 2 atom stereocenters. The number of sulfonamides is 1. The van der Waals surface area contributed by atoms with Crippen molar-refractivity contribution in [1.29, 1.82) is 0 Å². The van der Waals surface area contributed by atoms with E-state index in [0.29, 0.717) is 48.0 Å². The number of benzene rings is 1. The van der Waals surface area contributed by atoms with Crippen LogP contribution < -0.4 is 0 Å². The summed E-state index contributed by atoms with van der Waals surface area (Å²) in [6, 6.07) is 8.14. The molecule has 10 nitrogen and oxygen atoms in total. The van der Waals surface area contributed by atoms with Gasteiger partial charge in [0.1, 0.15) is 0 Å². The fourth-order valence-corrected chi connectivity index (χ4v) is 9.49. The maximum absolute atomic E-state index is 14.2. The van der Waals surface area contributed by atoms with E-state index in [2.05, 4.69) is 26.9 Å². The molecule has 2 saturated heterocycles. The lowest BCUT2D eigenvalue weighted by Crippen LogP contribution is -2.40. The number of nitrogens with zero attached hydrogens (tertiary/aromatic N) is 6. The average molecular weight is 737 g/mol. The minimum Gasteiger partial charge on any atom is -0.396 e. The summed E-state index contributed by atoms with van der Waals surface area (Å²) in [5, 5.41) is 25.7. The normalized spacial score (nSPS) is 21.0. The number of aliphatic hydroxyl groups is 2. The Hall–Kier alpha value is -2.53. The third-order valence-electron chi connectivity index (χ3n) is 10.3. The van der Waals surface area contributed by atoms with Gasteiger partial charge < -0.3 is 20.0 Å². The van der Waals surface area contributed by atoms with Gasteiger partial charge in [0.25, 0.3) is 0 Å². The first-order chi connectivity index (χ1) is 23.9. The van der Waals surface area contributed by atoms with Gasteiger partial charge in [0.15, 0.2) is 0 Å². The average Bonchev–Trinajstić information content (AvgIpc) is 3.45.